The van der Waals surface area contributed by atoms with Crippen LogP contribution < -0.4 is 11.5 Å². The molecule has 0 saturated carbocycles. The first-order chi connectivity index (χ1) is 3.79. The highest BCUT2D eigenvalue weighted by Crippen LogP contribution is 1.93. The predicted octanol–water partition coefficient (Wildman–Crippen LogP) is -0.869. The van der Waals surface area contributed by atoms with Crippen molar-refractivity contribution < 1.29 is 4.74 Å². The van der Waals surface area contributed by atoms with Crippen LogP contribution in [-0.4, -0.2) is 12.4 Å². The van der Waals surface area contributed by atoms with Crippen LogP contribution in [-0.2, 0) is 4.74 Å². The summed E-state index contributed by atoms with van der Waals surface area (Å²) in [5.74, 6) is 0.776. The molecule has 8 heavy (non-hydrogen) atoms. The lowest BCUT2D eigenvalue weighted by Crippen LogP contribution is -2.23. The Balaban J connectivity index is 2.65. The minimum Gasteiger partial charge on any atom is -0.470 e. The summed E-state index contributed by atoms with van der Waals surface area (Å²) in [6, 6.07) is 0. The average Bonchev–Trinajstić information content (AvgIpc) is 1.77. The molecule has 0 spiro atoms. The fraction of sp³-hybridized carbons (Fsp3) is 0.250. The zero-order chi connectivity index (χ0) is 5.98. The molecular weight excluding hydrogens is 106 g/mol. The molecule has 0 aromatic heterocycles. The van der Waals surface area contributed by atoms with Gasteiger partial charge in [0.15, 0.2) is 0 Å². The molecule has 0 aromatic rings. The van der Waals surface area contributed by atoms with Crippen LogP contribution in [0, 0.1) is 0 Å². The van der Waals surface area contributed by atoms with Gasteiger partial charge in [0.1, 0.15) is 12.4 Å². The fourth-order valence-electron chi connectivity index (χ4n) is 0.378. The third-order valence-electron chi connectivity index (χ3n) is 0.744. The smallest absolute Gasteiger partial charge is 0.203 e. The largest absolute Gasteiger partial charge is 0.470 e. The van der Waals surface area contributed by atoms with E-state index in [2.05, 4.69) is 4.99 Å². The topological polar surface area (TPSA) is 73.6 Å². The first kappa shape index (κ1) is 4.96. The number of hydrogen-bond donors (Lipinski definition) is 2. The SMILES string of the molecule is NC1=CN=C(N)CO1. The summed E-state index contributed by atoms with van der Waals surface area (Å²) in [6.07, 6.45) is 1.39. The Kier molecular flexibility index (Phi) is 1.07. The van der Waals surface area contributed by atoms with Crippen molar-refractivity contribution in [2.24, 2.45) is 16.5 Å². The molecule has 0 aliphatic carbocycles. The summed E-state index contributed by atoms with van der Waals surface area (Å²) in [7, 11) is 0. The second-order valence-corrected chi connectivity index (χ2v) is 1.44. The van der Waals surface area contributed by atoms with Crippen LogP contribution in [0.2, 0.25) is 0 Å². The number of nitrogens with two attached hydrogens (primary N) is 2. The van der Waals surface area contributed by atoms with E-state index >= 15 is 0 Å². The van der Waals surface area contributed by atoms with Gasteiger partial charge in [-0.1, -0.05) is 0 Å². The molecule has 1 aliphatic rings. The highest BCUT2D eigenvalue weighted by molar-refractivity contribution is 5.82. The Labute approximate surface area is 46.8 Å². The van der Waals surface area contributed by atoms with Gasteiger partial charge in [-0.3, -0.25) is 0 Å². The Morgan fingerprint density at radius 1 is 1.62 bits per heavy atom. The average molecular weight is 113 g/mol. The Hall–Kier alpha value is -1.19. The molecule has 1 heterocycles. The monoisotopic (exact) mass is 113 g/mol. The molecule has 0 saturated heterocycles. The van der Waals surface area contributed by atoms with Gasteiger partial charge < -0.3 is 16.2 Å². The minimum absolute atomic E-state index is 0.308. The van der Waals surface area contributed by atoms with Crippen molar-refractivity contribution in [3.63, 3.8) is 0 Å². The van der Waals surface area contributed by atoms with Crippen molar-refractivity contribution >= 4 is 5.84 Å². The van der Waals surface area contributed by atoms with Gasteiger partial charge >= 0.3 is 0 Å². The fourth-order valence-corrected chi connectivity index (χ4v) is 0.378. The van der Waals surface area contributed by atoms with Gasteiger partial charge in [0.05, 0.1) is 6.20 Å². The van der Waals surface area contributed by atoms with E-state index in [9.17, 15) is 0 Å². The molecule has 44 valence electrons. The summed E-state index contributed by atoms with van der Waals surface area (Å²) in [6.45, 7) is 0.308. The van der Waals surface area contributed by atoms with E-state index in [1.54, 1.807) is 0 Å². The van der Waals surface area contributed by atoms with Crippen LogP contribution >= 0.6 is 0 Å². The maximum absolute atomic E-state index is 5.22. The first-order valence-corrected chi connectivity index (χ1v) is 2.19. The third-order valence-corrected chi connectivity index (χ3v) is 0.744. The predicted molar refractivity (Wildman–Crippen MR) is 29.8 cm³/mol. The Morgan fingerprint density at radius 3 is 2.75 bits per heavy atom. The molecule has 0 atom stereocenters. The van der Waals surface area contributed by atoms with E-state index in [1.807, 2.05) is 0 Å². The molecule has 1 aliphatic heterocycles. The maximum Gasteiger partial charge on any atom is 0.203 e. The molecule has 4 nitrogen and oxygen atoms in total. The second kappa shape index (κ2) is 1.73. The summed E-state index contributed by atoms with van der Waals surface area (Å²) in [4.78, 5) is 3.69. The van der Waals surface area contributed by atoms with Gasteiger partial charge in [0.2, 0.25) is 5.88 Å². The van der Waals surface area contributed by atoms with Crippen LogP contribution in [0.15, 0.2) is 17.1 Å². The second-order valence-electron chi connectivity index (χ2n) is 1.44. The Bertz CT molecular complexity index is 131. The summed E-state index contributed by atoms with van der Waals surface area (Å²) in [5, 5.41) is 0. The molecule has 4 heteroatoms. The van der Waals surface area contributed by atoms with E-state index in [0.717, 1.165) is 0 Å². The van der Waals surface area contributed by atoms with Crippen LogP contribution in [0.5, 0.6) is 0 Å². The molecule has 4 N–H and O–H groups in total. The zero-order valence-electron chi connectivity index (χ0n) is 4.29. The number of aliphatic imine (C=N–C) groups is 1. The number of ether oxygens (including phenoxy) is 1. The lowest BCUT2D eigenvalue weighted by molar-refractivity contribution is 0.249. The van der Waals surface area contributed by atoms with Crippen molar-refractivity contribution in [1.29, 1.82) is 0 Å². The summed E-state index contributed by atoms with van der Waals surface area (Å²) < 4.78 is 4.77. The van der Waals surface area contributed by atoms with Crippen LogP contribution in [0.3, 0.4) is 0 Å². The van der Waals surface area contributed by atoms with Crippen LogP contribution in [0.1, 0.15) is 0 Å². The maximum atomic E-state index is 5.22. The van der Waals surface area contributed by atoms with Crippen LogP contribution in [0.25, 0.3) is 0 Å². The van der Waals surface area contributed by atoms with Crippen molar-refractivity contribution in [3.05, 3.63) is 12.1 Å². The number of amidine groups is 1. The highest BCUT2D eigenvalue weighted by atomic mass is 16.5. The molecular formula is C4H7N3O. The molecule has 1 rings (SSSR count). The standard InChI is InChI=1S/C4H7N3O/c5-3-2-8-4(6)1-7-3/h1H,2,6H2,(H2,5,7). The van der Waals surface area contributed by atoms with E-state index < -0.39 is 0 Å². The lowest BCUT2D eigenvalue weighted by atomic mass is 10.6. The normalized spacial score (nSPS) is 18.5. The van der Waals surface area contributed by atoms with E-state index in [4.69, 9.17) is 16.2 Å². The third kappa shape index (κ3) is 0.900. The van der Waals surface area contributed by atoms with Gasteiger partial charge in [-0.2, -0.15) is 0 Å². The Morgan fingerprint density at radius 2 is 2.38 bits per heavy atom. The van der Waals surface area contributed by atoms with Gasteiger partial charge in [0.25, 0.3) is 0 Å². The van der Waals surface area contributed by atoms with Gasteiger partial charge in [0, 0.05) is 0 Å². The van der Waals surface area contributed by atoms with Gasteiger partial charge in [-0.05, 0) is 0 Å². The number of rotatable bonds is 0. The quantitative estimate of drug-likeness (QED) is 0.429. The van der Waals surface area contributed by atoms with Crippen molar-refractivity contribution in [3.8, 4) is 0 Å². The first-order valence-electron chi connectivity index (χ1n) is 2.19. The minimum atomic E-state index is 0.308. The molecule has 0 radical (unpaired) electrons. The molecule has 0 aromatic carbocycles. The van der Waals surface area contributed by atoms with E-state index in [1.165, 1.54) is 6.20 Å². The van der Waals surface area contributed by atoms with Crippen molar-refractivity contribution in [2.45, 2.75) is 0 Å². The molecule has 0 bridgehead atoms. The zero-order valence-corrected chi connectivity index (χ0v) is 4.29. The molecule has 0 unspecified atom stereocenters. The van der Waals surface area contributed by atoms with Crippen molar-refractivity contribution in [1.82, 2.24) is 0 Å². The van der Waals surface area contributed by atoms with Crippen molar-refractivity contribution in [2.75, 3.05) is 6.61 Å². The lowest BCUT2D eigenvalue weighted by Gasteiger charge is -2.07. The summed E-state index contributed by atoms with van der Waals surface area (Å²) >= 11 is 0. The van der Waals surface area contributed by atoms with E-state index in [0.29, 0.717) is 18.3 Å². The summed E-state index contributed by atoms with van der Waals surface area (Å²) in [5.41, 5.74) is 10.4. The van der Waals surface area contributed by atoms with Crippen LogP contribution in [0.4, 0.5) is 0 Å². The van der Waals surface area contributed by atoms with E-state index in [-0.39, 0.29) is 0 Å². The highest BCUT2D eigenvalue weighted by Gasteiger charge is 1.98. The number of hydrogen-bond acceptors (Lipinski definition) is 4. The number of nitrogens with zero attached hydrogens (tertiary/aromatic N) is 1. The van der Waals surface area contributed by atoms with Gasteiger partial charge in [-0.25, -0.2) is 4.99 Å². The molecule has 0 amide bonds. The molecule has 0 fully saturated rings. The van der Waals surface area contributed by atoms with Gasteiger partial charge in [-0.15, -0.1) is 0 Å².